The normalized spacial score (nSPS) is 13.7. The van der Waals surface area contributed by atoms with Crippen molar-refractivity contribution >= 4 is 29.0 Å². The molecular weight excluding hydrogens is 288 g/mol. The summed E-state index contributed by atoms with van der Waals surface area (Å²) in [6, 6.07) is 8.59. The maximum Gasteiger partial charge on any atom is 0.335 e. The van der Waals surface area contributed by atoms with E-state index < -0.39 is 5.97 Å². The number of hydrogen-bond acceptors (Lipinski definition) is 4. The zero-order valence-corrected chi connectivity index (χ0v) is 11.8. The van der Waals surface area contributed by atoms with Crippen LogP contribution in [0.3, 0.4) is 0 Å². The molecule has 106 valence electrons. The van der Waals surface area contributed by atoms with Crippen LogP contribution in [0.2, 0.25) is 0 Å². The number of amides is 1. The number of nitrogens with two attached hydrogens (primary N) is 1. The fourth-order valence-electron chi connectivity index (χ4n) is 2.24. The second kappa shape index (κ2) is 5.14. The van der Waals surface area contributed by atoms with Crippen molar-refractivity contribution in [3.63, 3.8) is 0 Å². The highest BCUT2D eigenvalue weighted by Gasteiger charge is 2.21. The number of carbonyl (C=O) groups is 2. The summed E-state index contributed by atoms with van der Waals surface area (Å²) >= 11 is 1.55. The number of aliphatic imine (C=N–C) groups is 1. The lowest BCUT2D eigenvalue weighted by molar-refractivity contribution is 0.0696. The Balaban J connectivity index is 1.82. The van der Waals surface area contributed by atoms with E-state index in [0.717, 1.165) is 15.3 Å². The van der Waals surface area contributed by atoms with Crippen molar-refractivity contribution in [2.45, 2.75) is 12.8 Å². The topological polar surface area (TPSA) is 92.8 Å². The van der Waals surface area contributed by atoms with Crippen molar-refractivity contribution in [1.29, 1.82) is 0 Å². The van der Waals surface area contributed by atoms with Crippen molar-refractivity contribution in [2.24, 2.45) is 10.7 Å². The van der Waals surface area contributed by atoms with Gasteiger partial charge < -0.3 is 10.8 Å². The average Bonchev–Trinajstić information content (AvgIpc) is 2.82. The Labute approximate surface area is 124 Å². The minimum Gasteiger partial charge on any atom is -0.478 e. The number of thiophene rings is 1. The molecule has 3 rings (SSSR count). The molecule has 0 unspecified atom stereocenters. The molecule has 1 aliphatic heterocycles. The molecule has 0 atom stereocenters. The third kappa shape index (κ3) is 2.71. The summed E-state index contributed by atoms with van der Waals surface area (Å²) in [5, 5.41) is 8.87. The maximum atomic E-state index is 11.8. The first-order chi connectivity index (χ1) is 10.0. The molecule has 0 saturated carbocycles. The van der Waals surface area contributed by atoms with Gasteiger partial charge in [0, 0.05) is 22.6 Å². The minimum atomic E-state index is -0.939. The average molecular weight is 300 g/mol. The summed E-state index contributed by atoms with van der Waals surface area (Å²) in [4.78, 5) is 28.3. The molecule has 0 spiro atoms. The summed E-state index contributed by atoms with van der Waals surface area (Å²) < 4.78 is 0. The molecule has 2 aromatic rings. The van der Waals surface area contributed by atoms with Gasteiger partial charge in [-0.05, 0) is 23.8 Å². The number of aromatic carboxylic acids is 1. The number of carboxylic acids is 1. The predicted octanol–water partition coefficient (Wildman–Crippen LogP) is 2.09. The van der Waals surface area contributed by atoms with Gasteiger partial charge in [-0.2, -0.15) is 4.99 Å². The Kier molecular flexibility index (Phi) is 3.31. The molecule has 0 saturated heterocycles. The van der Waals surface area contributed by atoms with E-state index in [9.17, 15) is 9.59 Å². The van der Waals surface area contributed by atoms with Gasteiger partial charge in [-0.25, -0.2) is 4.79 Å². The van der Waals surface area contributed by atoms with Gasteiger partial charge in [0.15, 0.2) is 0 Å². The van der Waals surface area contributed by atoms with Crippen LogP contribution < -0.4 is 5.73 Å². The van der Waals surface area contributed by atoms with Crippen LogP contribution in [0, 0.1) is 0 Å². The molecule has 0 aliphatic carbocycles. The van der Waals surface area contributed by atoms with E-state index in [2.05, 4.69) is 4.99 Å². The number of carboxylic acid groups (broad SMARTS) is 1. The van der Waals surface area contributed by atoms with Crippen molar-refractivity contribution in [3.05, 3.63) is 56.8 Å². The fraction of sp³-hybridized carbons (Fsp3) is 0.133. The van der Waals surface area contributed by atoms with E-state index in [1.807, 2.05) is 6.07 Å². The summed E-state index contributed by atoms with van der Waals surface area (Å²) in [5.41, 5.74) is 7.52. The number of hydrogen-bond donors (Lipinski definition) is 2. The first-order valence-electron chi connectivity index (χ1n) is 6.34. The SMILES string of the molecule is NC1=NC(=O)c2cc(Cc3ccc(C(=O)O)cc3)sc2C1. The van der Waals surface area contributed by atoms with Crippen LogP contribution >= 0.6 is 11.3 Å². The second-order valence-electron chi connectivity index (χ2n) is 4.81. The molecule has 0 bridgehead atoms. The van der Waals surface area contributed by atoms with Crippen LogP contribution in [0.1, 0.15) is 36.0 Å². The lowest BCUT2D eigenvalue weighted by atomic mass is 10.1. The maximum absolute atomic E-state index is 11.8. The van der Waals surface area contributed by atoms with Gasteiger partial charge in [0.1, 0.15) is 5.84 Å². The predicted molar refractivity (Wildman–Crippen MR) is 80.2 cm³/mol. The van der Waals surface area contributed by atoms with Crippen LogP contribution in [0.4, 0.5) is 0 Å². The van der Waals surface area contributed by atoms with Crippen molar-refractivity contribution in [2.75, 3.05) is 0 Å². The number of fused-ring (bicyclic) bond motifs is 1. The quantitative estimate of drug-likeness (QED) is 0.907. The zero-order chi connectivity index (χ0) is 15.0. The van der Waals surface area contributed by atoms with E-state index in [0.29, 0.717) is 24.2 Å². The monoisotopic (exact) mass is 300 g/mol. The third-order valence-corrected chi connectivity index (χ3v) is 4.39. The van der Waals surface area contributed by atoms with Gasteiger partial charge >= 0.3 is 5.97 Å². The first kappa shape index (κ1) is 13.5. The molecule has 5 nitrogen and oxygen atoms in total. The molecular formula is C15H12N2O3S. The highest BCUT2D eigenvalue weighted by molar-refractivity contribution is 7.12. The Morgan fingerprint density at radius 1 is 1.33 bits per heavy atom. The van der Waals surface area contributed by atoms with Gasteiger partial charge in [-0.1, -0.05) is 12.1 Å². The first-order valence-corrected chi connectivity index (χ1v) is 7.16. The van der Waals surface area contributed by atoms with Crippen LogP contribution in [0.5, 0.6) is 0 Å². The molecule has 1 amide bonds. The Morgan fingerprint density at radius 3 is 2.71 bits per heavy atom. The number of amidine groups is 1. The van der Waals surface area contributed by atoms with Crippen molar-refractivity contribution in [3.8, 4) is 0 Å². The number of rotatable bonds is 3. The zero-order valence-electron chi connectivity index (χ0n) is 11.0. The van der Waals surface area contributed by atoms with Crippen LogP contribution in [-0.4, -0.2) is 22.8 Å². The number of benzene rings is 1. The fourth-order valence-corrected chi connectivity index (χ4v) is 3.45. The van der Waals surface area contributed by atoms with Crippen molar-refractivity contribution in [1.82, 2.24) is 0 Å². The van der Waals surface area contributed by atoms with Crippen LogP contribution in [-0.2, 0) is 12.8 Å². The van der Waals surface area contributed by atoms with E-state index in [4.69, 9.17) is 10.8 Å². The lowest BCUT2D eigenvalue weighted by Gasteiger charge is -2.05. The minimum absolute atomic E-state index is 0.264. The van der Waals surface area contributed by atoms with Gasteiger partial charge in [-0.15, -0.1) is 11.3 Å². The summed E-state index contributed by atoms with van der Waals surface area (Å²) in [6.45, 7) is 0. The largest absolute Gasteiger partial charge is 0.478 e. The Bertz CT molecular complexity index is 760. The molecule has 0 fully saturated rings. The molecule has 3 N–H and O–H groups in total. The molecule has 1 aliphatic rings. The third-order valence-electron chi connectivity index (χ3n) is 3.26. The van der Waals surface area contributed by atoms with Crippen LogP contribution in [0.15, 0.2) is 35.3 Å². The highest BCUT2D eigenvalue weighted by atomic mass is 32.1. The van der Waals surface area contributed by atoms with E-state index in [1.54, 1.807) is 35.6 Å². The van der Waals surface area contributed by atoms with Crippen molar-refractivity contribution < 1.29 is 14.7 Å². The summed E-state index contributed by atoms with van der Waals surface area (Å²) in [7, 11) is 0. The molecule has 6 heteroatoms. The summed E-state index contributed by atoms with van der Waals surface area (Å²) in [6.07, 6.45) is 1.18. The second-order valence-corrected chi connectivity index (χ2v) is 6.03. The highest BCUT2D eigenvalue weighted by Crippen LogP contribution is 2.28. The molecule has 1 aromatic heterocycles. The van der Waals surface area contributed by atoms with Gasteiger partial charge in [0.2, 0.25) is 0 Å². The number of nitrogens with zero attached hydrogens (tertiary/aromatic N) is 1. The van der Waals surface area contributed by atoms with Crippen LogP contribution in [0.25, 0.3) is 0 Å². The molecule has 21 heavy (non-hydrogen) atoms. The Hall–Kier alpha value is -2.47. The Morgan fingerprint density at radius 2 is 2.05 bits per heavy atom. The number of carbonyl (C=O) groups excluding carboxylic acids is 1. The molecule has 1 aromatic carbocycles. The molecule has 2 heterocycles. The van der Waals surface area contributed by atoms with Gasteiger partial charge in [0.25, 0.3) is 5.91 Å². The smallest absolute Gasteiger partial charge is 0.335 e. The van der Waals surface area contributed by atoms with E-state index >= 15 is 0 Å². The van der Waals surface area contributed by atoms with E-state index in [-0.39, 0.29) is 11.5 Å². The standard InChI is InChI=1S/C15H12N2O3S/c16-13-7-12-11(14(18)17-13)6-10(21-12)5-8-1-3-9(4-2-8)15(19)20/h1-4,6H,5,7H2,(H,19,20)(H2,16,17,18). The molecule has 0 radical (unpaired) electrons. The van der Waals surface area contributed by atoms with Gasteiger partial charge in [0.05, 0.1) is 11.1 Å². The van der Waals surface area contributed by atoms with E-state index in [1.165, 1.54) is 0 Å². The van der Waals surface area contributed by atoms with Gasteiger partial charge in [-0.3, -0.25) is 4.79 Å². The lowest BCUT2D eigenvalue weighted by Crippen LogP contribution is -2.21. The summed E-state index contributed by atoms with van der Waals surface area (Å²) in [5.74, 6) is -0.865.